The number of hydrogen-bond acceptors (Lipinski definition) is 3. The average molecular weight is 363 g/mol. The summed E-state index contributed by atoms with van der Waals surface area (Å²) in [6.07, 6.45) is 2.74. The third kappa shape index (κ3) is 4.95. The molecule has 24 heavy (non-hydrogen) atoms. The van der Waals surface area contributed by atoms with Gasteiger partial charge < -0.3 is 4.74 Å². The van der Waals surface area contributed by atoms with E-state index in [0.29, 0.717) is 21.2 Å². The van der Waals surface area contributed by atoms with Gasteiger partial charge in [0.15, 0.2) is 6.61 Å². The fraction of sp³-hybridized carbons (Fsp3) is 0.158. The molecule has 2 aromatic rings. The van der Waals surface area contributed by atoms with E-state index in [9.17, 15) is 9.59 Å². The maximum atomic E-state index is 12.1. The maximum absolute atomic E-state index is 12.1. The van der Waals surface area contributed by atoms with Crippen LogP contribution in [-0.4, -0.2) is 18.4 Å². The molecule has 2 aromatic carbocycles. The lowest BCUT2D eigenvalue weighted by Gasteiger charge is -2.06. The Balaban J connectivity index is 1.95. The Morgan fingerprint density at radius 3 is 2.50 bits per heavy atom. The zero-order valence-electron chi connectivity index (χ0n) is 13.3. The second-order valence-electron chi connectivity index (χ2n) is 5.35. The minimum Gasteiger partial charge on any atom is -0.454 e. The van der Waals surface area contributed by atoms with Crippen molar-refractivity contribution in [2.45, 2.75) is 13.8 Å². The number of Topliss-reactive ketones (excluding diaryl/α,β-unsaturated/α-hetero) is 1. The van der Waals surface area contributed by atoms with Gasteiger partial charge in [-0.1, -0.05) is 53.0 Å². The van der Waals surface area contributed by atoms with Gasteiger partial charge in [0.1, 0.15) is 0 Å². The van der Waals surface area contributed by atoms with Gasteiger partial charge in [-0.2, -0.15) is 0 Å². The summed E-state index contributed by atoms with van der Waals surface area (Å²) in [6.45, 7) is 3.50. The van der Waals surface area contributed by atoms with Crippen LogP contribution >= 0.6 is 23.2 Å². The second-order valence-corrected chi connectivity index (χ2v) is 6.19. The number of esters is 1. The molecule has 0 fully saturated rings. The summed E-state index contributed by atoms with van der Waals surface area (Å²) < 4.78 is 4.98. The first-order valence-corrected chi connectivity index (χ1v) is 8.03. The number of rotatable bonds is 5. The molecule has 0 saturated carbocycles. The van der Waals surface area contributed by atoms with Crippen LogP contribution < -0.4 is 0 Å². The smallest absolute Gasteiger partial charge is 0.331 e. The first-order chi connectivity index (χ1) is 11.4. The molecule has 0 bridgehead atoms. The topological polar surface area (TPSA) is 43.4 Å². The van der Waals surface area contributed by atoms with E-state index in [0.717, 1.165) is 11.1 Å². The van der Waals surface area contributed by atoms with Crippen molar-refractivity contribution >= 4 is 41.0 Å². The molecular weight excluding hydrogens is 347 g/mol. The minimum absolute atomic E-state index is 0.237. The summed E-state index contributed by atoms with van der Waals surface area (Å²) in [5, 5.41) is 0.941. The molecule has 0 spiro atoms. The van der Waals surface area contributed by atoms with Crippen LogP contribution in [-0.2, 0) is 9.53 Å². The molecule has 2 rings (SSSR count). The highest BCUT2D eigenvalue weighted by Gasteiger charge is 2.11. The highest BCUT2D eigenvalue weighted by Crippen LogP contribution is 2.22. The fourth-order valence-electron chi connectivity index (χ4n) is 2.18. The van der Waals surface area contributed by atoms with Crippen molar-refractivity contribution < 1.29 is 14.3 Å². The molecule has 0 aromatic heterocycles. The summed E-state index contributed by atoms with van der Waals surface area (Å²) in [6, 6.07) is 10.4. The Bertz CT molecular complexity index is 810. The van der Waals surface area contributed by atoms with Crippen molar-refractivity contribution in [1.29, 1.82) is 0 Å². The SMILES string of the molecule is Cc1ccc(C(=O)COC(=O)/C=C/c2ccc(Cl)cc2Cl)c(C)c1. The Hall–Kier alpha value is -2.10. The number of halogens is 2. The highest BCUT2D eigenvalue weighted by atomic mass is 35.5. The van der Waals surface area contributed by atoms with Crippen LogP contribution in [0.25, 0.3) is 6.08 Å². The molecule has 124 valence electrons. The molecular formula is C19H16Cl2O3. The number of aryl methyl sites for hydroxylation is 2. The lowest BCUT2D eigenvalue weighted by Crippen LogP contribution is -2.13. The van der Waals surface area contributed by atoms with Crippen LogP contribution in [0.1, 0.15) is 27.0 Å². The van der Waals surface area contributed by atoms with Crippen molar-refractivity contribution in [3.8, 4) is 0 Å². The number of carbonyl (C=O) groups is 2. The van der Waals surface area contributed by atoms with Crippen LogP contribution in [0.5, 0.6) is 0 Å². The lowest BCUT2D eigenvalue weighted by molar-refractivity contribution is -0.136. The first kappa shape index (κ1) is 18.2. The van der Waals surface area contributed by atoms with Gasteiger partial charge in [0.25, 0.3) is 0 Å². The van der Waals surface area contributed by atoms with Crippen LogP contribution in [0.4, 0.5) is 0 Å². The summed E-state index contributed by atoms with van der Waals surface area (Å²) in [5.41, 5.74) is 3.13. The quantitative estimate of drug-likeness (QED) is 0.424. The normalized spacial score (nSPS) is 10.8. The van der Waals surface area contributed by atoms with E-state index in [1.165, 1.54) is 12.2 Å². The third-order valence-corrected chi connectivity index (χ3v) is 3.95. The number of benzene rings is 2. The van der Waals surface area contributed by atoms with Crippen molar-refractivity contribution in [3.05, 3.63) is 74.8 Å². The zero-order valence-corrected chi connectivity index (χ0v) is 14.8. The molecule has 0 aliphatic rings. The number of hydrogen-bond donors (Lipinski definition) is 0. The summed E-state index contributed by atoms with van der Waals surface area (Å²) in [4.78, 5) is 23.8. The monoisotopic (exact) mass is 362 g/mol. The van der Waals surface area contributed by atoms with E-state index in [2.05, 4.69) is 0 Å². The van der Waals surface area contributed by atoms with Gasteiger partial charge in [-0.15, -0.1) is 0 Å². The largest absolute Gasteiger partial charge is 0.454 e. The molecule has 0 aliphatic carbocycles. The Morgan fingerprint density at radius 2 is 1.83 bits per heavy atom. The van der Waals surface area contributed by atoms with E-state index in [1.807, 2.05) is 26.0 Å². The van der Waals surface area contributed by atoms with Crippen molar-refractivity contribution in [3.63, 3.8) is 0 Å². The predicted octanol–water partition coefficient (Wildman–Crippen LogP) is 5.05. The molecule has 0 radical (unpaired) electrons. The van der Waals surface area contributed by atoms with Gasteiger partial charge in [-0.25, -0.2) is 4.79 Å². The fourth-order valence-corrected chi connectivity index (χ4v) is 2.65. The van der Waals surface area contributed by atoms with E-state index in [-0.39, 0.29) is 12.4 Å². The van der Waals surface area contributed by atoms with Crippen molar-refractivity contribution in [2.75, 3.05) is 6.61 Å². The van der Waals surface area contributed by atoms with Crippen molar-refractivity contribution in [1.82, 2.24) is 0 Å². The molecule has 0 heterocycles. The number of ketones is 1. The Morgan fingerprint density at radius 1 is 1.08 bits per heavy atom. The van der Waals surface area contributed by atoms with Gasteiger partial charge in [0.05, 0.1) is 0 Å². The van der Waals surface area contributed by atoms with Crippen LogP contribution in [0.2, 0.25) is 10.0 Å². The van der Waals surface area contributed by atoms with E-state index in [1.54, 1.807) is 24.3 Å². The zero-order chi connectivity index (χ0) is 17.7. The Kier molecular flexibility index (Phi) is 6.18. The number of carbonyl (C=O) groups excluding carboxylic acids is 2. The second kappa shape index (κ2) is 8.13. The minimum atomic E-state index is -0.612. The van der Waals surface area contributed by atoms with Gasteiger partial charge in [0.2, 0.25) is 5.78 Å². The standard InChI is InChI=1S/C19H16Cl2O3/c1-12-3-7-16(13(2)9-12)18(22)11-24-19(23)8-5-14-4-6-15(20)10-17(14)21/h3-10H,11H2,1-2H3/b8-5+. The lowest BCUT2D eigenvalue weighted by atomic mass is 10.0. The van der Waals surface area contributed by atoms with Gasteiger partial charge in [-0.3, -0.25) is 4.79 Å². The van der Waals surface area contributed by atoms with Gasteiger partial charge >= 0.3 is 5.97 Å². The van der Waals surface area contributed by atoms with Crippen LogP contribution in [0, 0.1) is 13.8 Å². The molecule has 0 atom stereocenters. The molecule has 0 aliphatic heterocycles. The van der Waals surface area contributed by atoms with Crippen LogP contribution in [0.15, 0.2) is 42.5 Å². The molecule has 5 heteroatoms. The molecule has 0 saturated heterocycles. The molecule has 0 N–H and O–H groups in total. The number of ether oxygens (including phenoxy) is 1. The first-order valence-electron chi connectivity index (χ1n) is 7.27. The molecule has 3 nitrogen and oxygen atoms in total. The maximum Gasteiger partial charge on any atom is 0.331 e. The van der Waals surface area contributed by atoms with Gasteiger partial charge in [0, 0.05) is 21.7 Å². The highest BCUT2D eigenvalue weighted by molar-refractivity contribution is 6.35. The summed E-state index contributed by atoms with van der Waals surface area (Å²) >= 11 is 11.8. The molecule has 0 unspecified atom stereocenters. The van der Waals surface area contributed by atoms with Gasteiger partial charge in [-0.05, 0) is 43.2 Å². The average Bonchev–Trinajstić information content (AvgIpc) is 2.51. The molecule has 0 amide bonds. The van der Waals surface area contributed by atoms with E-state index < -0.39 is 5.97 Å². The van der Waals surface area contributed by atoms with E-state index >= 15 is 0 Å². The summed E-state index contributed by atoms with van der Waals surface area (Å²) in [7, 11) is 0. The van der Waals surface area contributed by atoms with Crippen molar-refractivity contribution in [2.24, 2.45) is 0 Å². The van der Waals surface area contributed by atoms with Crippen LogP contribution in [0.3, 0.4) is 0 Å². The predicted molar refractivity (Wildman–Crippen MR) is 96.7 cm³/mol. The summed E-state index contributed by atoms with van der Waals surface area (Å²) in [5.74, 6) is -0.849. The third-order valence-electron chi connectivity index (χ3n) is 3.39. The van der Waals surface area contributed by atoms with E-state index in [4.69, 9.17) is 27.9 Å². The Labute approximate surface area is 150 Å².